The van der Waals surface area contributed by atoms with E-state index >= 15 is 0 Å². The number of allylic oxidation sites excluding steroid dienone is 3. The van der Waals surface area contributed by atoms with Crippen molar-refractivity contribution in [1.82, 2.24) is 0 Å². The van der Waals surface area contributed by atoms with Crippen molar-refractivity contribution in [2.75, 3.05) is 0 Å². The van der Waals surface area contributed by atoms with Gasteiger partial charge in [0.25, 0.3) is 0 Å². The fraction of sp³-hybridized carbons (Fsp3) is 0.286. The van der Waals surface area contributed by atoms with Gasteiger partial charge in [0.1, 0.15) is 0 Å². The predicted molar refractivity (Wildman–Crippen MR) is 35.6 cm³/mol. The number of nitriles is 1. The molecule has 48 valence electrons. The molecule has 0 aromatic carbocycles. The second-order valence-electron chi connectivity index (χ2n) is 1.48. The molecular formula is C7H9NO. The first-order chi connectivity index (χ1) is 4.31. The maximum atomic E-state index is 8.60. The minimum absolute atomic E-state index is 0.971. The summed E-state index contributed by atoms with van der Waals surface area (Å²) in [6.45, 7) is 1.86. The second kappa shape index (κ2) is 5.07. The lowest BCUT2D eigenvalue weighted by atomic mass is 10.3. The smallest absolute Gasteiger partial charge is 0.159 e. The topological polar surface area (TPSA) is 44.0 Å². The Morgan fingerprint density at radius 3 is 2.67 bits per heavy atom. The Kier molecular flexibility index (Phi) is 4.47. The van der Waals surface area contributed by atoms with Crippen LogP contribution in [0.5, 0.6) is 0 Å². The molecule has 1 N–H and O–H groups in total. The zero-order valence-corrected chi connectivity index (χ0v) is 5.28. The highest BCUT2D eigenvalue weighted by Gasteiger charge is 1.88. The van der Waals surface area contributed by atoms with Gasteiger partial charge in [-0.05, 0) is 13.0 Å². The molecule has 0 fully saturated rings. The molecule has 0 saturated carbocycles. The summed E-state index contributed by atoms with van der Waals surface area (Å²) in [7, 11) is 0. The third kappa shape index (κ3) is 4.79. The van der Waals surface area contributed by atoms with Gasteiger partial charge in [-0.2, -0.15) is 5.26 Å². The molecule has 0 aliphatic heterocycles. The molecule has 0 spiro atoms. The molecule has 0 aromatic rings. The van der Waals surface area contributed by atoms with E-state index in [1.165, 1.54) is 6.08 Å². The lowest BCUT2D eigenvalue weighted by molar-refractivity contribution is 0.278. The fourth-order valence-corrected chi connectivity index (χ4v) is 0.324. The monoisotopic (exact) mass is 123 g/mol. The number of aliphatic hydroxyl groups excluding tert-OH is 1. The van der Waals surface area contributed by atoms with E-state index in [0.29, 0.717) is 0 Å². The van der Waals surface area contributed by atoms with E-state index in [4.69, 9.17) is 10.4 Å². The molecule has 0 radical (unpaired) electrons. The molecule has 0 aliphatic carbocycles. The summed E-state index contributed by atoms with van der Waals surface area (Å²) in [6, 6.07) is 1.66. The van der Waals surface area contributed by atoms with E-state index in [-0.39, 0.29) is 0 Å². The van der Waals surface area contributed by atoms with Gasteiger partial charge in [-0.1, -0.05) is 18.2 Å². The molecule has 0 saturated heterocycles. The number of nitrogens with zero attached hydrogens (tertiary/aromatic N) is 1. The minimum atomic E-state index is -0.971. The van der Waals surface area contributed by atoms with Crippen molar-refractivity contribution in [1.29, 1.82) is 5.26 Å². The van der Waals surface area contributed by atoms with Crippen LogP contribution in [0, 0.1) is 11.3 Å². The van der Waals surface area contributed by atoms with Crippen LogP contribution in [0.2, 0.25) is 0 Å². The average molecular weight is 123 g/mol. The Labute approximate surface area is 54.7 Å². The first kappa shape index (κ1) is 7.93. The van der Waals surface area contributed by atoms with Gasteiger partial charge in [0, 0.05) is 0 Å². The Morgan fingerprint density at radius 1 is 1.56 bits per heavy atom. The van der Waals surface area contributed by atoms with Crippen LogP contribution >= 0.6 is 0 Å². The van der Waals surface area contributed by atoms with Gasteiger partial charge in [0.2, 0.25) is 0 Å². The molecule has 0 unspecified atom stereocenters. The van der Waals surface area contributed by atoms with Gasteiger partial charge in [-0.3, -0.25) is 0 Å². The van der Waals surface area contributed by atoms with Crippen molar-refractivity contribution in [2.24, 2.45) is 0 Å². The van der Waals surface area contributed by atoms with Crippen LogP contribution in [0.1, 0.15) is 6.92 Å². The van der Waals surface area contributed by atoms with E-state index < -0.39 is 6.10 Å². The summed E-state index contributed by atoms with van der Waals surface area (Å²) in [5, 5.41) is 16.7. The molecule has 0 rings (SSSR count). The standard InChI is InChI=1S/C7H9NO/c1-2-3-4-5-7(9)6-8/h2-5,7,9H,1H3/b3-2+,5-4+/t7-/m1/s1. The number of hydrogen-bond donors (Lipinski definition) is 1. The Bertz CT molecular complexity index is 153. The van der Waals surface area contributed by atoms with E-state index in [2.05, 4.69) is 0 Å². The van der Waals surface area contributed by atoms with Crippen molar-refractivity contribution in [3.05, 3.63) is 24.3 Å². The first-order valence-electron chi connectivity index (χ1n) is 2.68. The highest BCUT2D eigenvalue weighted by Crippen LogP contribution is 1.83. The van der Waals surface area contributed by atoms with Crippen molar-refractivity contribution in [3.63, 3.8) is 0 Å². The second-order valence-corrected chi connectivity index (χ2v) is 1.48. The highest BCUT2D eigenvalue weighted by molar-refractivity contribution is 5.08. The Balaban J connectivity index is 3.60. The van der Waals surface area contributed by atoms with E-state index in [9.17, 15) is 0 Å². The normalized spacial score (nSPS) is 14.3. The van der Waals surface area contributed by atoms with Crippen LogP contribution in [0.15, 0.2) is 24.3 Å². The van der Waals surface area contributed by atoms with Gasteiger partial charge in [-0.15, -0.1) is 0 Å². The van der Waals surface area contributed by atoms with Gasteiger partial charge < -0.3 is 5.11 Å². The zero-order valence-electron chi connectivity index (χ0n) is 5.28. The molecular weight excluding hydrogens is 114 g/mol. The third-order valence-electron chi connectivity index (χ3n) is 0.729. The highest BCUT2D eigenvalue weighted by atomic mass is 16.3. The van der Waals surface area contributed by atoms with Crippen molar-refractivity contribution in [2.45, 2.75) is 13.0 Å². The Morgan fingerprint density at radius 2 is 2.22 bits per heavy atom. The molecule has 0 bridgehead atoms. The average Bonchev–Trinajstić information content (AvgIpc) is 1.89. The SMILES string of the molecule is C/C=C/C=C/[C@@H](O)C#N. The Hall–Kier alpha value is -1.07. The summed E-state index contributed by atoms with van der Waals surface area (Å²) in [5.41, 5.74) is 0. The summed E-state index contributed by atoms with van der Waals surface area (Å²) < 4.78 is 0. The molecule has 0 heterocycles. The van der Waals surface area contributed by atoms with Gasteiger partial charge in [0.05, 0.1) is 6.07 Å². The van der Waals surface area contributed by atoms with Crippen LogP contribution in [-0.2, 0) is 0 Å². The van der Waals surface area contributed by atoms with E-state index in [1.807, 2.05) is 13.0 Å². The van der Waals surface area contributed by atoms with Crippen LogP contribution in [0.3, 0.4) is 0 Å². The van der Waals surface area contributed by atoms with Crippen LogP contribution in [0.4, 0.5) is 0 Å². The quantitative estimate of drug-likeness (QED) is 0.439. The molecule has 0 amide bonds. The summed E-state index contributed by atoms with van der Waals surface area (Å²) in [6.07, 6.45) is 5.65. The van der Waals surface area contributed by atoms with Crippen molar-refractivity contribution in [3.8, 4) is 6.07 Å². The lowest BCUT2D eigenvalue weighted by Crippen LogP contribution is -1.94. The van der Waals surface area contributed by atoms with Gasteiger partial charge in [-0.25, -0.2) is 0 Å². The van der Waals surface area contributed by atoms with Gasteiger partial charge >= 0.3 is 0 Å². The fourth-order valence-electron chi connectivity index (χ4n) is 0.324. The number of aliphatic hydroxyl groups is 1. The largest absolute Gasteiger partial charge is 0.374 e. The lowest BCUT2D eigenvalue weighted by Gasteiger charge is -1.85. The summed E-state index contributed by atoms with van der Waals surface area (Å²) in [4.78, 5) is 0. The zero-order chi connectivity index (χ0) is 7.11. The maximum absolute atomic E-state index is 8.60. The number of hydrogen-bond acceptors (Lipinski definition) is 2. The minimum Gasteiger partial charge on any atom is -0.374 e. The molecule has 0 aromatic heterocycles. The molecule has 0 aliphatic rings. The molecule has 2 nitrogen and oxygen atoms in total. The van der Waals surface area contributed by atoms with Crippen molar-refractivity contribution < 1.29 is 5.11 Å². The van der Waals surface area contributed by atoms with E-state index in [1.54, 1.807) is 18.2 Å². The summed E-state index contributed by atoms with van der Waals surface area (Å²) in [5.74, 6) is 0. The summed E-state index contributed by atoms with van der Waals surface area (Å²) >= 11 is 0. The van der Waals surface area contributed by atoms with E-state index in [0.717, 1.165) is 0 Å². The van der Waals surface area contributed by atoms with Crippen LogP contribution in [-0.4, -0.2) is 11.2 Å². The third-order valence-corrected chi connectivity index (χ3v) is 0.729. The first-order valence-corrected chi connectivity index (χ1v) is 2.68. The predicted octanol–water partition coefficient (Wildman–Crippen LogP) is 1.00. The van der Waals surface area contributed by atoms with Crippen molar-refractivity contribution >= 4 is 0 Å². The molecule has 2 heteroatoms. The van der Waals surface area contributed by atoms with Crippen LogP contribution < -0.4 is 0 Å². The molecule has 9 heavy (non-hydrogen) atoms. The molecule has 1 atom stereocenters. The maximum Gasteiger partial charge on any atom is 0.159 e. The van der Waals surface area contributed by atoms with Gasteiger partial charge in [0.15, 0.2) is 6.10 Å². The van der Waals surface area contributed by atoms with Crippen LogP contribution in [0.25, 0.3) is 0 Å². The number of rotatable bonds is 2.